The molecule has 2 fully saturated rings. The quantitative estimate of drug-likeness (QED) is 0.153. The molecule has 0 amide bonds. The smallest absolute Gasteiger partial charge is 0.0468 e. The highest BCUT2D eigenvalue weighted by atomic mass is 15.1. The predicted octanol–water partition coefficient (Wildman–Crippen LogP) is 15.9. The first kappa shape index (κ1) is 35.5. The van der Waals surface area contributed by atoms with Crippen LogP contribution in [0.5, 0.6) is 0 Å². The lowest BCUT2D eigenvalue weighted by Crippen LogP contribution is -2.41. The molecule has 3 atom stereocenters. The highest BCUT2D eigenvalue weighted by Crippen LogP contribution is 2.63. The summed E-state index contributed by atoms with van der Waals surface area (Å²) in [5, 5.41) is 2.56. The van der Waals surface area contributed by atoms with Gasteiger partial charge >= 0.3 is 0 Å². The van der Waals surface area contributed by atoms with Crippen molar-refractivity contribution in [2.75, 3.05) is 4.90 Å². The van der Waals surface area contributed by atoms with E-state index in [4.69, 9.17) is 6.58 Å². The van der Waals surface area contributed by atoms with Crippen LogP contribution in [0.25, 0.3) is 44.2 Å². The highest BCUT2D eigenvalue weighted by molar-refractivity contribution is 5.97. The number of benzene rings is 7. The zero-order chi connectivity index (χ0) is 39.0. The van der Waals surface area contributed by atoms with Gasteiger partial charge in [-0.25, -0.2) is 0 Å². The molecule has 4 aliphatic rings. The monoisotopic (exact) mass is 751 g/mol. The second kappa shape index (κ2) is 13.7. The highest BCUT2D eigenvalue weighted by Gasteiger charge is 2.52. The third-order valence-corrected chi connectivity index (χ3v) is 15.2. The van der Waals surface area contributed by atoms with Crippen molar-refractivity contribution in [3.63, 3.8) is 0 Å². The number of allylic oxidation sites excluding steroid dienone is 1. The summed E-state index contributed by atoms with van der Waals surface area (Å²) in [5.41, 5.74) is 19.0. The van der Waals surface area contributed by atoms with E-state index in [0.717, 1.165) is 12.8 Å². The largest absolute Gasteiger partial charge is 0.310 e. The van der Waals surface area contributed by atoms with Crippen LogP contribution in [0.4, 0.5) is 17.1 Å². The summed E-state index contributed by atoms with van der Waals surface area (Å²) in [6.45, 7) is 9.69. The van der Waals surface area contributed by atoms with Gasteiger partial charge in [-0.05, 0) is 140 Å². The fourth-order valence-electron chi connectivity index (χ4n) is 12.5. The maximum atomic E-state index is 4.93. The summed E-state index contributed by atoms with van der Waals surface area (Å²) < 4.78 is 0. The minimum absolute atomic E-state index is 0.133. The van der Waals surface area contributed by atoms with Crippen LogP contribution in [-0.4, -0.2) is 0 Å². The van der Waals surface area contributed by atoms with Crippen LogP contribution >= 0.6 is 0 Å². The van der Waals surface area contributed by atoms with Crippen LogP contribution in [0.2, 0.25) is 0 Å². The second-order valence-corrected chi connectivity index (χ2v) is 17.8. The standard InChI is InChI=1S/C57H53N/c1-4-39-34-38(3)57(42(5-2)35-39)54-23-12-10-20-49(54)51-37-45(29-31-55(51)57)58(43-26-24-41(25-27-43)47-21-15-17-40-16-7-8-18-46(40)47)44-28-30-53-50(36-44)48-19-9-11-22-52(48)56(53)32-13-6-14-33-56/h7-12,15-31,36-37,39,42H,3-6,13-14,32-35H2,1-2H3. The van der Waals surface area contributed by atoms with Crippen LogP contribution in [0.15, 0.2) is 164 Å². The Hall–Kier alpha value is -5.66. The molecule has 0 bridgehead atoms. The van der Waals surface area contributed by atoms with E-state index in [9.17, 15) is 0 Å². The number of hydrogen-bond donors (Lipinski definition) is 0. The number of rotatable bonds is 6. The number of fused-ring (bicyclic) bond motifs is 11. The minimum atomic E-state index is -0.137. The summed E-state index contributed by atoms with van der Waals surface area (Å²) in [4.78, 5) is 2.52. The van der Waals surface area contributed by atoms with Crippen LogP contribution in [0.1, 0.15) is 93.9 Å². The zero-order valence-corrected chi connectivity index (χ0v) is 34.1. The van der Waals surface area contributed by atoms with Crippen molar-refractivity contribution >= 4 is 27.8 Å². The van der Waals surface area contributed by atoms with Gasteiger partial charge in [-0.2, -0.15) is 0 Å². The van der Waals surface area contributed by atoms with Gasteiger partial charge in [0.25, 0.3) is 0 Å². The molecule has 2 saturated carbocycles. The van der Waals surface area contributed by atoms with Gasteiger partial charge in [-0.1, -0.05) is 173 Å². The van der Waals surface area contributed by atoms with E-state index in [0.29, 0.717) is 11.8 Å². The van der Waals surface area contributed by atoms with Gasteiger partial charge in [0.2, 0.25) is 0 Å². The van der Waals surface area contributed by atoms with E-state index in [2.05, 4.69) is 170 Å². The number of hydrogen-bond acceptors (Lipinski definition) is 1. The van der Waals surface area contributed by atoms with Crippen molar-refractivity contribution in [3.05, 3.63) is 186 Å². The fourth-order valence-corrected chi connectivity index (χ4v) is 12.5. The molecule has 7 aromatic carbocycles. The molecule has 2 spiro atoms. The Bertz CT molecular complexity index is 2720. The Kier molecular flexibility index (Phi) is 8.40. The molecule has 1 nitrogen and oxygen atoms in total. The van der Waals surface area contributed by atoms with E-state index < -0.39 is 0 Å². The summed E-state index contributed by atoms with van der Waals surface area (Å²) in [6, 6.07) is 58.1. The SMILES string of the molecule is C=C1CC(CC)CC(CC)C12c1ccccc1-c1cc(N(c3ccc(-c4cccc5ccccc45)cc3)c3ccc4c(c3)-c3ccccc3C43CCCCC3)ccc12. The van der Waals surface area contributed by atoms with Crippen molar-refractivity contribution in [2.45, 2.75) is 82.5 Å². The van der Waals surface area contributed by atoms with Gasteiger partial charge in [0.15, 0.2) is 0 Å². The molecular weight excluding hydrogens is 699 g/mol. The van der Waals surface area contributed by atoms with Gasteiger partial charge in [0, 0.05) is 27.9 Å². The van der Waals surface area contributed by atoms with Gasteiger partial charge in [0.05, 0.1) is 0 Å². The first-order valence-electron chi connectivity index (χ1n) is 22.1. The van der Waals surface area contributed by atoms with E-state index >= 15 is 0 Å². The summed E-state index contributed by atoms with van der Waals surface area (Å²) in [7, 11) is 0. The molecule has 58 heavy (non-hydrogen) atoms. The van der Waals surface area contributed by atoms with Gasteiger partial charge in [-0.15, -0.1) is 0 Å². The van der Waals surface area contributed by atoms with Crippen LogP contribution in [0, 0.1) is 11.8 Å². The fraction of sp³-hybridized carbons (Fsp3) is 0.263. The van der Waals surface area contributed by atoms with Gasteiger partial charge in [-0.3, -0.25) is 0 Å². The van der Waals surface area contributed by atoms with Crippen molar-refractivity contribution < 1.29 is 0 Å². The van der Waals surface area contributed by atoms with Crippen LogP contribution in [0.3, 0.4) is 0 Å². The molecule has 286 valence electrons. The summed E-state index contributed by atoms with van der Waals surface area (Å²) in [6.07, 6.45) is 11.2. The lowest BCUT2D eigenvalue weighted by Gasteiger charge is -2.47. The number of anilines is 3. The Morgan fingerprint density at radius 3 is 1.84 bits per heavy atom. The average molecular weight is 752 g/mol. The van der Waals surface area contributed by atoms with Gasteiger partial charge < -0.3 is 4.90 Å². The molecule has 4 aliphatic carbocycles. The first-order chi connectivity index (χ1) is 28.5. The van der Waals surface area contributed by atoms with Crippen molar-refractivity contribution in [1.29, 1.82) is 0 Å². The lowest BCUT2D eigenvalue weighted by molar-refractivity contribution is 0.224. The maximum Gasteiger partial charge on any atom is 0.0468 e. The summed E-state index contributed by atoms with van der Waals surface area (Å²) >= 11 is 0. The van der Waals surface area contributed by atoms with Crippen LogP contribution in [-0.2, 0) is 10.8 Å². The Morgan fingerprint density at radius 2 is 1.10 bits per heavy atom. The molecule has 3 unspecified atom stereocenters. The maximum absolute atomic E-state index is 4.93. The number of nitrogens with zero attached hydrogens (tertiary/aromatic N) is 1. The zero-order valence-electron chi connectivity index (χ0n) is 34.1. The van der Waals surface area contributed by atoms with Crippen molar-refractivity contribution in [1.82, 2.24) is 0 Å². The third kappa shape index (κ3) is 5.08. The van der Waals surface area contributed by atoms with Crippen molar-refractivity contribution in [2.24, 2.45) is 11.8 Å². The van der Waals surface area contributed by atoms with Gasteiger partial charge in [0.1, 0.15) is 0 Å². The Labute approximate surface area is 345 Å². The molecule has 0 radical (unpaired) electrons. The van der Waals surface area contributed by atoms with Crippen molar-refractivity contribution in [3.8, 4) is 33.4 Å². The molecule has 0 aliphatic heterocycles. The topological polar surface area (TPSA) is 3.24 Å². The normalized spacial score (nSPS) is 21.2. The molecule has 11 rings (SSSR count). The molecule has 0 heterocycles. The lowest BCUT2D eigenvalue weighted by atomic mass is 9.55. The van der Waals surface area contributed by atoms with Crippen LogP contribution < -0.4 is 4.90 Å². The molecular formula is C57H53N. The minimum Gasteiger partial charge on any atom is -0.310 e. The molecule has 0 saturated heterocycles. The van der Waals surface area contributed by atoms with E-state index in [1.165, 1.54) is 134 Å². The molecule has 7 aromatic rings. The molecule has 0 N–H and O–H groups in total. The average Bonchev–Trinajstić information content (AvgIpc) is 3.72. The molecule has 0 aromatic heterocycles. The predicted molar refractivity (Wildman–Crippen MR) is 246 cm³/mol. The summed E-state index contributed by atoms with van der Waals surface area (Å²) in [5.74, 6) is 1.25. The third-order valence-electron chi connectivity index (χ3n) is 15.2. The van der Waals surface area contributed by atoms with E-state index in [1.54, 1.807) is 0 Å². The molecule has 1 heteroatoms. The second-order valence-electron chi connectivity index (χ2n) is 17.8. The van der Waals surface area contributed by atoms with E-state index in [-0.39, 0.29) is 10.8 Å². The Balaban J connectivity index is 1.09. The Morgan fingerprint density at radius 1 is 0.534 bits per heavy atom. The van der Waals surface area contributed by atoms with E-state index in [1.807, 2.05) is 0 Å². The first-order valence-corrected chi connectivity index (χ1v) is 22.1.